The summed E-state index contributed by atoms with van der Waals surface area (Å²) in [6, 6.07) is 9.31. The minimum absolute atomic E-state index is 0.102. The van der Waals surface area contributed by atoms with Crippen LogP contribution in [-0.4, -0.2) is 43.1 Å². The van der Waals surface area contributed by atoms with Crippen LogP contribution in [0.2, 0.25) is 0 Å². The average Bonchev–Trinajstić information content (AvgIpc) is 2.73. The van der Waals surface area contributed by atoms with Crippen molar-refractivity contribution in [1.82, 2.24) is 9.88 Å². The zero-order valence-electron chi connectivity index (χ0n) is 15.9. The second-order valence-corrected chi connectivity index (χ2v) is 6.86. The first-order valence-electron chi connectivity index (χ1n) is 9.27. The number of ether oxygens (including phenoxy) is 2. The van der Waals surface area contributed by atoms with Crippen LogP contribution in [0.1, 0.15) is 42.3 Å². The average molecular weight is 369 g/mol. The number of benzene rings is 1. The van der Waals surface area contributed by atoms with Gasteiger partial charge in [0.05, 0.1) is 14.2 Å². The number of nitrogens with two attached hydrogens (primary N) is 1. The fourth-order valence-corrected chi connectivity index (χ4v) is 3.62. The van der Waals surface area contributed by atoms with Crippen LogP contribution in [0.5, 0.6) is 11.5 Å². The molecule has 0 radical (unpaired) electrons. The first-order valence-corrected chi connectivity index (χ1v) is 9.27. The SMILES string of the molecule is COc1ccc([C@@H](N)CC(=O)N2CCC(c3ccncc3)CC2)cc1OC. The lowest BCUT2D eigenvalue weighted by molar-refractivity contribution is -0.132. The van der Waals surface area contributed by atoms with Crippen molar-refractivity contribution in [1.29, 1.82) is 0 Å². The topological polar surface area (TPSA) is 77.7 Å². The Morgan fingerprint density at radius 3 is 2.44 bits per heavy atom. The van der Waals surface area contributed by atoms with Gasteiger partial charge < -0.3 is 20.1 Å². The van der Waals surface area contributed by atoms with Crippen molar-refractivity contribution in [3.8, 4) is 11.5 Å². The summed E-state index contributed by atoms with van der Waals surface area (Å²) in [4.78, 5) is 18.7. The molecule has 0 aliphatic carbocycles. The molecule has 144 valence electrons. The molecule has 1 aromatic heterocycles. The molecule has 27 heavy (non-hydrogen) atoms. The van der Waals surface area contributed by atoms with E-state index in [1.54, 1.807) is 14.2 Å². The summed E-state index contributed by atoms with van der Waals surface area (Å²) in [5.74, 6) is 1.87. The van der Waals surface area contributed by atoms with Crippen LogP contribution in [0.15, 0.2) is 42.7 Å². The monoisotopic (exact) mass is 369 g/mol. The molecule has 2 heterocycles. The van der Waals surface area contributed by atoms with Crippen LogP contribution in [0.3, 0.4) is 0 Å². The summed E-state index contributed by atoms with van der Waals surface area (Å²) in [5, 5.41) is 0. The van der Waals surface area contributed by atoms with E-state index in [9.17, 15) is 4.79 Å². The molecule has 0 spiro atoms. The van der Waals surface area contributed by atoms with Gasteiger partial charge in [-0.25, -0.2) is 0 Å². The smallest absolute Gasteiger partial charge is 0.224 e. The molecule has 0 unspecified atom stereocenters. The fraction of sp³-hybridized carbons (Fsp3) is 0.429. The lowest BCUT2D eigenvalue weighted by Gasteiger charge is -2.33. The van der Waals surface area contributed by atoms with E-state index in [0.29, 0.717) is 17.4 Å². The van der Waals surface area contributed by atoms with Gasteiger partial charge in [0.25, 0.3) is 0 Å². The number of hydrogen-bond acceptors (Lipinski definition) is 5. The summed E-state index contributed by atoms with van der Waals surface area (Å²) in [6.07, 6.45) is 5.89. The highest BCUT2D eigenvalue weighted by molar-refractivity contribution is 5.77. The second kappa shape index (κ2) is 8.86. The number of likely N-dealkylation sites (tertiary alicyclic amines) is 1. The van der Waals surface area contributed by atoms with Gasteiger partial charge in [0.2, 0.25) is 5.91 Å². The van der Waals surface area contributed by atoms with E-state index in [1.807, 2.05) is 35.5 Å². The number of nitrogens with zero attached hydrogens (tertiary/aromatic N) is 2. The number of aromatic nitrogens is 1. The van der Waals surface area contributed by atoms with Crippen LogP contribution in [-0.2, 0) is 4.79 Å². The van der Waals surface area contributed by atoms with Gasteiger partial charge >= 0.3 is 0 Å². The van der Waals surface area contributed by atoms with Crippen molar-refractivity contribution in [2.24, 2.45) is 5.73 Å². The Morgan fingerprint density at radius 1 is 1.15 bits per heavy atom. The number of rotatable bonds is 6. The highest BCUT2D eigenvalue weighted by atomic mass is 16.5. The van der Waals surface area contributed by atoms with Crippen LogP contribution in [0.25, 0.3) is 0 Å². The third-order valence-corrected chi connectivity index (χ3v) is 5.26. The fourth-order valence-electron chi connectivity index (χ4n) is 3.62. The standard InChI is InChI=1S/C21H27N3O3/c1-26-19-4-3-17(13-20(19)27-2)18(22)14-21(25)24-11-7-16(8-12-24)15-5-9-23-10-6-15/h3-6,9-10,13,16,18H,7-8,11-12,14,22H2,1-2H3/t18-/m0/s1. The van der Waals surface area contributed by atoms with Gasteiger partial charge in [-0.2, -0.15) is 0 Å². The van der Waals surface area contributed by atoms with E-state index in [4.69, 9.17) is 15.2 Å². The van der Waals surface area contributed by atoms with Crippen molar-refractivity contribution in [2.45, 2.75) is 31.2 Å². The third-order valence-electron chi connectivity index (χ3n) is 5.26. The third kappa shape index (κ3) is 4.57. The lowest BCUT2D eigenvalue weighted by Crippen LogP contribution is -2.39. The van der Waals surface area contributed by atoms with Crippen molar-refractivity contribution in [3.05, 3.63) is 53.9 Å². The predicted octanol–water partition coefficient (Wildman–Crippen LogP) is 2.89. The Bertz CT molecular complexity index is 759. The molecular formula is C21H27N3O3. The number of carbonyl (C=O) groups is 1. The molecule has 1 saturated heterocycles. The lowest BCUT2D eigenvalue weighted by atomic mass is 9.90. The maximum Gasteiger partial charge on any atom is 0.224 e. The maximum atomic E-state index is 12.7. The van der Waals surface area contributed by atoms with Crippen LogP contribution in [0, 0.1) is 0 Å². The molecule has 1 aromatic carbocycles. The van der Waals surface area contributed by atoms with E-state index < -0.39 is 0 Å². The quantitative estimate of drug-likeness (QED) is 0.847. The van der Waals surface area contributed by atoms with Gasteiger partial charge in [-0.1, -0.05) is 6.07 Å². The number of hydrogen-bond donors (Lipinski definition) is 1. The molecule has 0 bridgehead atoms. The summed E-state index contributed by atoms with van der Waals surface area (Å²) in [6.45, 7) is 1.54. The van der Waals surface area contributed by atoms with Crippen molar-refractivity contribution in [3.63, 3.8) is 0 Å². The number of methoxy groups -OCH3 is 2. The van der Waals surface area contributed by atoms with E-state index in [-0.39, 0.29) is 18.4 Å². The molecule has 1 fully saturated rings. The molecular weight excluding hydrogens is 342 g/mol. The highest BCUT2D eigenvalue weighted by Gasteiger charge is 2.25. The number of carbonyl (C=O) groups excluding carboxylic acids is 1. The minimum atomic E-state index is -0.366. The summed E-state index contributed by atoms with van der Waals surface area (Å²) in [5.41, 5.74) is 8.46. The van der Waals surface area contributed by atoms with Crippen molar-refractivity contribution in [2.75, 3.05) is 27.3 Å². The molecule has 6 nitrogen and oxygen atoms in total. The summed E-state index contributed by atoms with van der Waals surface area (Å²) in [7, 11) is 3.18. The first-order chi connectivity index (χ1) is 13.1. The zero-order valence-corrected chi connectivity index (χ0v) is 15.9. The molecule has 1 aliphatic rings. The Balaban J connectivity index is 1.56. The van der Waals surface area contributed by atoms with Gasteiger partial charge in [0.1, 0.15) is 0 Å². The number of pyridine rings is 1. The molecule has 1 atom stereocenters. The van der Waals surface area contributed by atoms with E-state index in [2.05, 4.69) is 17.1 Å². The minimum Gasteiger partial charge on any atom is -0.493 e. The Morgan fingerprint density at radius 2 is 1.81 bits per heavy atom. The van der Waals surface area contributed by atoms with Gasteiger partial charge in [-0.15, -0.1) is 0 Å². The number of amides is 1. The maximum absolute atomic E-state index is 12.7. The van der Waals surface area contributed by atoms with Crippen molar-refractivity contribution < 1.29 is 14.3 Å². The molecule has 6 heteroatoms. The largest absolute Gasteiger partial charge is 0.493 e. The van der Waals surface area contributed by atoms with E-state index in [1.165, 1.54) is 5.56 Å². The Labute approximate surface area is 160 Å². The molecule has 1 aliphatic heterocycles. The molecule has 2 aromatic rings. The Hall–Kier alpha value is -2.60. The number of piperidine rings is 1. The zero-order chi connectivity index (χ0) is 19.2. The van der Waals surface area contributed by atoms with Gasteiger partial charge in [-0.3, -0.25) is 9.78 Å². The van der Waals surface area contributed by atoms with Gasteiger partial charge in [0.15, 0.2) is 11.5 Å². The van der Waals surface area contributed by atoms with Crippen LogP contribution in [0.4, 0.5) is 0 Å². The predicted molar refractivity (Wildman–Crippen MR) is 104 cm³/mol. The van der Waals surface area contributed by atoms with Crippen LogP contribution < -0.4 is 15.2 Å². The van der Waals surface area contributed by atoms with Crippen molar-refractivity contribution >= 4 is 5.91 Å². The molecule has 3 rings (SSSR count). The Kier molecular flexibility index (Phi) is 6.29. The normalized spacial score (nSPS) is 16.0. The van der Waals surface area contributed by atoms with Crippen LogP contribution >= 0.6 is 0 Å². The summed E-state index contributed by atoms with van der Waals surface area (Å²) < 4.78 is 10.6. The highest BCUT2D eigenvalue weighted by Crippen LogP contribution is 2.31. The molecule has 2 N–H and O–H groups in total. The first kappa shape index (κ1) is 19.2. The second-order valence-electron chi connectivity index (χ2n) is 6.86. The molecule has 1 amide bonds. The van der Waals surface area contributed by atoms with E-state index in [0.717, 1.165) is 31.5 Å². The van der Waals surface area contributed by atoms with Gasteiger partial charge in [-0.05, 0) is 54.2 Å². The summed E-state index contributed by atoms with van der Waals surface area (Å²) >= 11 is 0. The van der Waals surface area contributed by atoms with E-state index >= 15 is 0 Å². The molecule has 0 saturated carbocycles. The van der Waals surface area contributed by atoms with Gasteiger partial charge in [0, 0.05) is 37.9 Å².